The quantitative estimate of drug-likeness (QED) is 0.574. The van der Waals surface area contributed by atoms with Crippen molar-refractivity contribution in [3.63, 3.8) is 0 Å². The van der Waals surface area contributed by atoms with E-state index in [1.54, 1.807) is 0 Å². The van der Waals surface area contributed by atoms with Gasteiger partial charge in [-0.25, -0.2) is 4.98 Å². The van der Waals surface area contributed by atoms with Gasteiger partial charge in [0.15, 0.2) is 0 Å². The number of rotatable bonds is 5. The molecule has 1 heterocycles. The van der Waals surface area contributed by atoms with Crippen LogP contribution in [0.15, 0.2) is 59.1 Å². The summed E-state index contributed by atoms with van der Waals surface area (Å²) in [4.78, 5) is 9.09. The summed E-state index contributed by atoms with van der Waals surface area (Å²) in [6.07, 6.45) is 0. The number of benzene rings is 2. The fourth-order valence-corrected chi connectivity index (χ4v) is 2.84. The second-order valence-corrected chi connectivity index (χ2v) is 6.94. The third kappa shape index (κ3) is 4.57. The van der Waals surface area contributed by atoms with Crippen LogP contribution in [0.1, 0.15) is 29.8 Å². The summed E-state index contributed by atoms with van der Waals surface area (Å²) in [5, 5.41) is 6.73. The maximum Gasteiger partial charge on any atom is 0.229 e. The average Bonchev–Trinajstić information content (AvgIpc) is 2.58. The minimum atomic E-state index is 0.165. The van der Waals surface area contributed by atoms with E-state index in [2.05, 4.69) is 68.6 Å². The first kappa shape index (κ1) is 17.4. The van der Waals surface area contributed by atoms with Crippen LogP contribution in [0.3, 0.4) is 0 Å². The van der Waals surface area contributed by atoms with Gasteiger partial charge in [0.05, 0.1) is 0 Å². The van der Waals surface area contributed by atoms with E-state index in [4.69, 9.17) is 0 Å². The number of anilines is 3. The van der Waals surface area contributed by atoms with Crippen molar-refractivity contribution in [3.8, 4) is 0 Å². The summed E-state index contributed by atoms with van der Waals surface area (Å²) in [6.45, 7) is 6.15. The highest BCUT2D eigenvalue weighted by Crippen LogP contribution is 2.23. The number of nitrogens with zero attached hydrogens (tertiary/aromatic N) is 2. The number of hydrogen-bond acceptors (Lipinski definition) is 4. The zero-order valence-electron chi connectivity index (χ0n) is 14.5. The molecule has 0 bridgehead atoms. The molecule has 0 aliphatic carbocycles. The van der Waals surface area contributed by atoms with Gasteiger partial charge in [0.1, 0.15) is 5.82 Å². The molecule has 3 rings (SSSR count). The molecule has 0 radical (unpaired) electrons. The maximum absolute atomic E-state index is 4.60. The summed E-state index contributed by atoms with van der Waals surface area (Å²) >= 11 is 3.52. The standard InChI is InChI=1S/C20H21BrN4/c1-13-11-17(9-10-18(13)21)24-20-22-14(2)12-19(25-20)23-15(3)16-7-5-4-6-8-16/h4-12,15H,1-3H3,(H2,22,23,24,25). The first-order valence-corrected chi connectivity index (χ1v) is 9.01. The van der Waals surface area contributed by atoms with E-state index >= 15 is 0 Å². The van der Waals surface area contributed by atoms with E-state index in [0.29, 0.717) is 5.95 Å². The molecule has 0 saturated heterocycles. The molecule has 1 atom stereocenters. The van der Waals surface area contributed by atoms with Crippen LogP contribution in [0, 0.1) is 13.8 Å². The molecule has 0 saturated carbocycles. The van der Waals surface area contributed by atoms with Gasteiger partial charge >= 0.3 is 0 Å². The Balaban J connectivity index is 1.79. The molecule has 1 aromatic heterocycles. The lowest BCUT2D eigenvalue weighted by atomic mass is 10.1. The highest BCUT2D eigenvalue weighted by molar-refractivity contribution is 9.10. The Morgan fingerprint density at radius 1 is 0.960 bits per heavy atom. The first-order chi connectivity index (χ1) is 12.0. The van der Waals surface area contributed by atoms with Crippen molar-refractivity contribution in [3.05, 3.63) is 75.9 Å². The van der Waals surface area contributed by atoms with Crippen molar-refractivity contribution in [2.24, 2.45) is 0 Å². The summed E-state index contributed by atoms with van der Waals surface area (Å²) in [6, 6.07) is 18.5. The van der Waals surface area contributed by atoms with E-state index in [-0.39, 0.29) is 6.04 Å². The molecule has 1 unspecified atom stereocenters. The minimum absolute atomic E-state index is 0.165. The van der Waals surface area contributed by atoms with Gasteiger partial charge in [-0.2, -0.15) is 4.98 Å². The number of halogens is 1. The van der Waals surface area contributed by atoms with E-state index in [0.717, 1.165) is 27.2 Å². The van der Waals surface area contributed by atoms with Gasteiger partial charge in [-0.15, -0.1) is 0 Å². The number of hydrogen-bond donors (Lipinski definition) is 2. The summed E-state index contributed by atoms with van der Waals surface area (Å²) in [5.74, 6) is 1.39. The summed E-state index contributed by atoms with van der Waals surface area (Å²) < 4.78 is 1.09. The second-order valence-electron chi connectivity index (χ2n) is 6.08. The normalized spacial score (nSPS) is 11.8. The van der Waals surface area contributed by atoms with Crippen molar-refractivity contribution in [1.29, 1.82) is 0 Å². The van der Waals surface area contributed by atoms with Crippen molar-refractivity contribution in [1.82, 2.24) is 9.97 Å². The largest absolute Gasteiger partial charge is 0.363 e. The monoisotopic (exact) mass is 396 g/mol. The maximum atomic E-state index is 4.60. The molecule has 25 heavy (non-hydrogen) atoms. The molecule has 3 aromatic rings. The Labute approximate surface area is 156 Å². The number of nitrogens with one attached hydrogen (secondary N) is 2. The van der Waals surface area contributed by atoms with Crippen molar-refractivity contribution < 1.29 is 0 Å². The topological polar surface area (TPSA) is 49.8 Å². The zero-order chi connectivity index (χ0) is 17.8. The predicted octanol–water partition coefficient (Wildman–Crippen LogP) is 5.77. The SMILES string of the molecule is Cc1cc(NC(C)c2ccccc2)nc(Nc2ccc(Br)c(C)c2)n1. The highest BCUT2D eigenvalue weighted by atomic mass is 79.9. The molecular formula is C20H21BrN4. The Morgan fingerprint density at radius 3 is 2.44 bits per heavy atom. The van der Waals surface area contributed by atoms with E-state index < -0.39 is 0 Å². The summed E-state index contributed by atoms with van der Waals surface area (Å²) in [5.41, 5.74) is 4.26. The fraction of sp³-hybridized carbons (Fsp3) is 0.200. The molecule has 0 aliphatic rings. The average molecular weight is 397 g/mol. The second kappa shape index (κ2) is 7.66. The van der Waals surface area contributed by atoms with Gasteiger partial charge in [-0.05, 0) is 50.1 Å². The molecule has 0 fully saturated rings. The van der Waals surface area contributed by atoms with Crippen LogP contribution in [-0.4, -0.2) is 9.97 Å². The molecule has 128 valence electrons. The lowest BCUT2D eigenvalue weighted by molar-refractivity contribution is 0.871. The van der Waals surface area contributed by atoms with Crippen LogP contribution in [0.25, 0.3) is 0 Å². The Bertz CT molecular complexity index is 865. The van der Waals surface area contributed by atoms with Gasteiger partial charge in [0, 0.05) is 28.0 Å². The molecular weight excluding hydrogens is 376 g/mol. The Kier molecular flexibility index (Phi) is 5.34. The van der Waals surface area contributed by atoms with Crippen LogP contribution >= 0.6 is 15.9 Å². The minimum Gasteiger partial charge on any atom is -0.363 e. The lowest BCUT2D eigenvalue weighted by Gasteiger charge is -2.16. The lowest BCUT2D eigenvalue weighted by Crippen LogP contribution is -2.09. The van der Waals surface area contributed by atoms with Crippen molar-refractivity contribution in [2.75, 3.05) is 10.6 Å². The van der Waals surface area contributed by atoms with Crippen LogP contribution in [0.4, 0.5) is 17.5 Å². The van der Waals surface area contributed by atoms with Crippen LogP contribution in [0.2, 0.25) is 0 Å². The van der Waals surface area contributed by atoms with Gasteiger partial charge in [0.25, 0.3) is 0 Å². The van der Waals surface area contributed by atoms with Gasteiger partial charge in [-0.1, -0.05) is 46.3 Å². The molecule has 2 N–H and O–H groups in total. The zero-order valence-corrected chi connectivity index (χ0v) is 16.1. The number of aryl methyl sites for hydroxylation is 2. The van der Waals surface area contributed by atoms with E-state index in [9.17, 15) is 0 Å². The van der Waals surface area contributed by atoms with Gasteiger partial charge in [-0.3, -0.25) is 0 Å². The molecule has 0 spiro atoms. The molecule has 2 aromatic carbocycles. The Hall–Kier alpha value is -2.40. The third-order valence-electron chi connectivity index (χ3n) is 3.93. The van der Waals surface area contributed by atoms with Gasteiger partial charge in [0.2, 0.25) is 5.95 Å². The third-order valence-corrected chi connectivity index (χ3v) is 4.82. The van der Waals surface area contributed by atoms with Crippen LogP contribution < -0.4 is 10.6 Å². The van der Waals surface area contributed by atoms with Crippen molar-refractivity contribution >= 4 is 33.4 Å². The van der Waals surface area contributed by atoms with E-state index in [1.165, 1.54) is 5.56 Å². The van der Waals surface area contributed by atoms with Crippen LogP contribution in [-0.2, 0) is 0 Å². The molecule has 4 nitrogen and oxygen atoms in total. The van der Waals surface area contributed by atoms with Crippen LogP contribution in [0.5, 0.6) is 0 Å². The van der Waals surface area contributed by atoms with E-state index in [1.807, 2.05) is 43.3 Å². The van der Waals surface area contributed by atoms with Gasteiger partial charge < -0.3 is 10.6 Å². The smallest absolute Gasteiger partial charge is 0.229 e. The molecule has 0 aliphatic heterocycles. The predicted molar refractivity (Wildman–Crippen MR) is 107 cm³/mol. The fourth-order valence-electron chi connectivity index (χ4n) is 2.60. The highest BCUT2D eigenvalue weighted by Gasteiger charge is 2.08. The van der Waals surface area contributed by atoms with Crippen molar-refractivity contribution in [2.45, 2.75) is 26.8 Å². The summed E-state index contributed by atoms with van der Waals surface area (Å²) in [7, 11) is 0. The molecule has 5 heteroatoms. The Morgan fingerprint density at radius 2 is 1.72 bits per heavy atom. The first-order valence-electron chi connectivity index (χ1n) is 8.21. The number of aromatic nitrogens is 2. The molecule has 0 amide bonds.